The van der Waals surface area contributed by atoms with Gasteiger partial charge in [-0.2, -0.15) is 0 Å². The van der Waals surface area contributed by atoms with Gasteiger partial charge in [-0.05, 0) is 80.0 Å². The Morgan fingerprint density at radius 3 is 2.74 bits per heavy atom. The predicted octanol–water partition coefficient (Wildman–Crippen LogP) is 6.37. The van der Waals surface area contributed by atoms with Crippen molar-refractivity contribution < 1.29 is 19.1 Å². The number of aliphatic hydroxyl groups is 1. The summed E-state index contributed by atoms with van der Waals surface area (Å²) in [5.74, 6) is 0.391. The van der Waals surface area contributed by atoms with Gasteiger partial charge in [-0.3, -0.25) is 4.79 Å². The van der Waals surface area contributed by atoms with Crippen LogP contribution in [0.3, 0.4) is 0 Å². The zero-order valence-corrected chi connectivity index (χ0v) is 22.9. The normalized spacial score (nSPS) is 23.3. The summed E-state index contributed by atoms with van der Waals surface area (Å²) in [5, 5.41) is 12.9. The first-order chi connectivity index (χ1) is 18.3. The molecule has 1 saturated heterocycles. The second kappa shape index (κ2) is 11.1. The van der Waals surface area contributed by atoms with Crippen LogP contribution in [0.1, 0.15) is 74.6 Å². The summed E-state index contributed by atoms with van der Waals surface area (Å²) in [6.45, 7) is 4.35. The zero-order chi connectivity index (χ0) is 26.9. The molecule has 1 aliphatic carbocycles. The number of carbonyl (C=O) groups is 1. The smallest absolute Gasteiger partial charge is 0.336 e. The standard InChI is InChI=1S/C31H36ClNO5/c1-3-4-7-22-18-28(35)38-26-17-20(2)16-25(29(22)26)37-19-27(34)33-15-14-31(36)13-6-5-8-24(31)30(33)21-9-11-23(32)12-10-21/h9-12,16-18,24,30,36H,3-8,13-15,19H2,1-2H3/t24-,30-,31-/m0/s1. The van der Waals surface area contributed by atoms with Crippen LogP contribution in [0.5, 0.6) is 5.75 Å². The van der Waals surface area contributed by atoms with Gasteiger partial charge >= 0.3 is 5.63 Å². The third kappa shape index (κ3) is 5.34. The van der Waals surface area contributed by atoms with Crippen molar-refractivity contribution in [2.24, 2.45) is 5.92 Å². The number of carbonyl (C=O) groups excluding carboxylic acids is 1. The molecule has 0 radical (unpaired) electrons. The summed E-state index contributed by atoms with van der Waals surface area (Å²) in [4.78, 5) is 27.8. The first kappa shape index (κ1) is 26.8. The maximum atomic E-state index is 13.8. The third-order valence-electron chi connectivity index (χ3n) is 8.28. The Kier molecular flexibility index (Phi) is 7.83. The summed E-state index contributed by atoms with van der Waals surface area (Å²) < 4.78 is 11.7. The van der Waals surface area contributed by atoms with Gasteiger partial charge in [-0.25, -0.2) is 4.79 Å². The Bertz CT molecular complexity index is 1370. The highest BCUT2D eigenvalue weighted by molar-refractivity contribution is 6.30. The molecular formula is C31H36ClNO5. The van der Waals surface area contributed by atoms with E-state index in [1.165, 1.54) is 6.07 Å². The molecular weight excluding hydrogens is 502 g/mol. The fourth-order valence-electron chi connectivity index (χ4n) is 6.40. The van der Waals surface area contributed by atoms with Crippen LogP contribution >= 0.6 is 11.6 Å². The number of hydrogen-bond donors (Lipinski definition) is 1. The average molecular weight is 538 g/mol. The number of rotatable bonds is 7. The highest BCUT2D eigenvalue weighted by atomic mass is 35.5. The summed E-state index contributed by atoms with van der Waals surface area (Å²) in [5.41, 5.74) is 2.09. The van der Waals surface area contributed by atoms with E-state index in [1.54, 1.807) is 0 Å². The van der Waals surface area contributed by atoms with Gasteiger partial charge in [0.15, 0.2) is 6.61 Å². The van der Waals surface area contributed by atoms with E-state index in [9.17, 15) is 14.7 Å². The Hall–Kier alpha value is -2.83. The first-order valence-corrected chi connectivity index (χ1v) is 14.1. The van der Waals surface area contributed by atoms with Crippen LogP contribution < -0.4 is 10.4 Å². The molecule has 2 aliphatic rings. The number of ether oxygens (including phenoxy) is 1. The highest BCUT2D eigenvalue weighted by Gasteiger charge is 2.50. The SMILES string of the molecule is CCCCc1cc(=O)oc2cc(C)cc(OCC(=O)N3CC[C@@]4(O)CCCC[C@H]4[C@@H]3c3ccc(Cl)cc3)c12. The number of piperidine rings is 1. The molecule has 1 saturated carbocycles. The van der Waals surface area contributed by atoms with Crippen molar-refractivity contribution in [3.05, 3.63) is 74.6 Å². The topological polar surface area (TPSA) is 80.0 Å². The number of hydrogen-bond acceptors (Lipinski definition) is 5. The van der Waals surface area contributed by atoms with Gasteiger partial charge in [-0.15, -0.1) is 0 Å². The van der Waals surface area contributed by atoms with Crippen LogP contribution in [0.4, 0.5) is 0 Å². The lowest BCUT2D eigenvalue weighted by atomic mass is 9.66. The van der Waals surface area contributed by atoms with E-state index in [4.69, 9.17) is 20.8 Å². The van der Waals surface area contributed by atoms with Crippen molar-refractivity contribution >= 4 is 28.5 Å². The molecule has 2 heterocycles. The molecule has 3 aromatic rings. The van der Waals surface area contributed by atoms with E-state index in [0.717, 1.165) is 67.0 Å². The van der Waals surface area contributed by atoms with E-state index in [1.807, 2.05) is 48.2 Å². The van der Waals surface area contributed by atoms with Gasteiger partial charge in [0.25, 0.3) is 5.91 Å². The van der Waals surface area contributed by atoms with Gasteiger partial charge in [0.2, 0.25) is 0 Å². The summed E-state index contributed by atoms with van der Waals surface area (Å²) >= 11 is 6.17. The molecule has 5 rings (SSSR count). The number of unbranched alkanes of at least 4 members (excludes halogenated alkanes) is 1. The van der Waals surface area contributed by atoms with Crippen LogP contribution in [0.25, 0.3) is 11.0 Å². The molecule has 0 unspecified atom stereocenters. The molecule has 2 aromatic carbocycles. The molecule has 1 N–H and O–H groups in total. The Labute approximate surface area is 228 Å². The van der Waals surface area contributed by atoms with Gasteiger partial charge in [0.05, 0.1) is 17.0 Å². The van der Waals surface area contributed by atoms with E-state index in [-0.39, 0.29) is 30.1 Å². The molecule has 3 atom stereocenters. The predicted molar refractivity (Wildman–Crippen MR) is 149 cm³/mol. The van der Waals surface area contributed by atoms with Crippen molar-refractivity contribution in [3.8, 4) is 5.75 Å². The maximum Gasteiger partial charge on any atom is 0.336 e. The lowest BCUT2D eigenvalue weighted by Crippen LogP contribution is -2.56. The Morgan fingerprint density at radius 1 is 1.18 bits per heavy atom. The van der Waals surface area contributed by atoms with Crippen LogP contribution in [0.15, 0.2) is 51.7 Å². The zero-order valence-electron chi connectivity index (χ0n) is 22.2. The minimum atomic E-state index is -0.765. The van der Waals surface area contributed by atoms with E-state index in [0.29, 0.717) is 29.3 Å². The number of amides is 1. The third-order valence-corrected chi connectivity index (χ3v) is 8.54. The largest absolute Gasteiger partial charge is 0.483 e. The highest BCUT2D eigenvalue weighted by Crippen LogP contribution is 2.49. The van der Waals surface area contributed by atoms with Crippen LogP contribution in [-0.2, 0) is 11.2 Å². The lowest BCUT2D eigenvalue weighted by Gasteiger charge is -2.52. The Morgan fingerprint density at radius 2 is 1.97 bits per heavy atom. The summed E-state index contributed by atoms with van der Waals surface area (Å²) in [7, 11) is 0. The van der Waals surface area contributed by atoms with Crippen molar-refractivity contribution in [1.29, 1.82) is 0 Å². The number of fused-ring (bicyclic) bond motifs is 2. The van der Waals surface area contributed by atoms with Gasteiger partial charge < -0.3 is 19.2 Å². The minimum Gasteiger partial charge on any atom is -0.483 e. The number of halogens is 1. The molecule has 0 bridgehead atoms. The maximum absolute atomic E-state index is 13.8. The van der Waals surface area contributed by atoms with Crippen LogP contribution in [0.2, 0.25) is 5.02 Å². The lowest BCUT2D eigenvalue weighted by molar-refractivity contribution is -0.157. The van der Waals surface area contributed by atoms with Gasteiger partial charge in [-0.1, -0.05) is 49.9 Å². The number of nitrogens with zero attached hydrogens (tertiary/aromatic N) is 1. The average Bonchev–Trinajstić information content (AvgIpc) is 2.89. The minimum absolute atomic E-state index is 0.0372. The second-order valence-electron chi connectivity index (χ2n) is 10.9. The fraction of sp³-hybridized carbons (Fsp3) is 0.484. The van der Waals surface area contributed by atoms with Crippen molar-refractivity contribution in [1.82, 2.24) is 4.90 Å². The summed E-state index contributed by atoms with van der Waals surface area (Å²) in [6, 6.07) is 12.6. The van der Waals surface area contributed by atoms with Crippen molar-refractivity contribution in [2.75, 3.05) is 13.2 Å². The monoisotopic (exact) mass is 537 g/mol. The van der Waals surface area contributed by atoms with Crippen molar-refractivity contribution in [2.45, 2.75) is 76.9 Å². The molecule has 7 heteroatoms. The van der Waals surface area contributed by atoms with Gasteiger partial charge in [0, 0.05) is 23.6 Å². The molecule has 1 amide bonds. The molecule has 1 aromatic heterocycles. The number of likely N-dealkylation sites (tertiary alicyclic amines) is 1. The number of benzene rings is 2. The number of aryl methyl sites for hydroxylation is 2. The van der Waals surface area contributed by atoms with Gasteiger partial charge in [0.1, 0.15) is 11.3 Å². The Balaban J connectivity index is 1.44. The summed E-state index contributed by atoms with van der Waals surface area (Å²) in [6.07, 6.45) is 6.91. The second-order valence-corrected chi connectivity index (χ2v) is 11.3. The molecule has 2 fully saturated rings. The van der Waals surface area contributed by atoms with E-state index in [2.05, 4.69) is 6.92 Å². The van der Waals surface area contributed by atoms with E-state index < -0.39 is 5.60 Å². The van der Waals surface area contributed by atoms with Crippen LogP contribution in [-0.4, -0.2) is 34.7 Å². The molecule has 202 valence electrons. The van der Waals surface area contributed by atoms with Crippen LogP contribution in [0, 0.1) is 12.8 Å². The van der Waals surface area contributed by atoms with Crippen molar-refractivity contribution in [3.63, 3.8) is 0 Å². The molecule has 38 heavy (non-hydrogen) atoms. The molecule has 0 spiro atoms. The quantitative estimate of drug-likeness (QED) is 0.354. The van der Waals surface area contributed by atoms with E-state index >= 15 is 0 Å². The molecule has 6 nitrogen and oxygen atoms in total. The molecule has 1 aliphatic heterocycles. The fourth-order valence-corrected chi connectivity index (χ4v) is 6.53. The first-order valence-electron chi connectivity index (χ1n) is 13.8.